The van der Waals surface area contributed by atoms with Crippen molar-refractivity contribution in [2.75, 3.05) is 13.1 Å². The standard InChI is InChI=1S/C18H22ClN5O2S/c1-11(17(26)24-9-5-6-12(10-24)15(20)25)27-18-22-21-16(23(18)2)13-7-3-4-8-14(13)19/h3-4,7-8,11-12H,5-6,9-10H2,1-2H3,(H2,20,25). The number of halogens is 1. The molecule has 9 heteroatoms. The van der Waals surface area contributed by atoms with Crippen LogP contribution in [-0.2, 0) is 16.6 Å². The van der Waals surface area contributed by atoms with E-state index in [1.165, 1.54) is 11.8 Å². The van der Waals surface area contributed by atoms with Crippen LogP contribution in [0.15, 0.2) is 29.4 Å². The van der Waals surface area contributed by atoms with Crippen LogP contribution in [0.2, 0.25) is 5.02 Å². The van der Waals surface area contributed by atoms with Crippen molar-refractivity contribution in [3.63, 3.8) is 0 Å². The average Bonchev–Trinajstić information content (AvgIpc) is 3.02. The third kappa shape index (κ3) is 4.27. The van der Waals surface area contributed by atoms with E-state index < -0.39 is 0 Å². The number of hydrogen-bond donors (Lipinski definition) is 1. The van der Waals surface area contributed by atoms with Crippen LogP contribution < -0.4 is 5.73 Å². The molecule has 2 unspecified atom stereocenters. The molecule has 3 rings (SSSR count). The van der Waals surface area contributed by atoms with Gasteiger partial charge in [0.15, 0.2) is 11.0 Å². The van der Waals surface area contributed by atoms with Crippen molar-refractivity contribution in [2.45, 2.75) is 30.2 Å². The third-order valence-electron chi connectivity index (χ3n) is 4.72. The number of thioether (sulfide) groups is 1. The third-order valence-corrected chi connectivity index (χ3v) is 6.17. The number of rotatable bonds is 5. The summed E-state index contributed by atoms with van der Waals surface area (Å²) in [5, 5.41) is 9.33. The van der Waals surface area contributed by atoms with Crippen LogP contribution in [0.3, 0.4) is 0 Å². The largest absolute Gasteiger partial charge is 0.369 e. The zero-order valence-corrected chi connectivity index (χ0v) is 16.8. The Balaban J connectivity index is 1.71. The second kappa shape index (κ2) is 8.31. The van der Waals surface area contributed by atoms with Crippen molar-refractivity contribution in [1.29, 1.82) is 0 Å². The van der Waals surface area contributed by atoms with E-state index >= 15 is 0 Å². The molecule has 1 aromatic carbocycles. The molecule has 2 atom stereocenters. The topological polar surface area (TPSA) is 94.1 Å². The molecule has 27 heavy (non-hydrogen) atoms. The summed E-state index contributed by atoms with van der Waals surface area (Å²) in [5.41, 5.74) is 6.20. The second-order valence-electron chi connectivity index (χ2n) is 6.63. The number of amides is 2. The van der Waals surface area contributed by atoms with Crippen molar-refractivity contribution < 1.29 is 9.59 Å². The van der Waals surface area contributed by atoms with E-state index in [4.69, 9.17) is 17.3 Å². The number of nitrogens with zero attached hydrogens (tertiary/aromatic N) is 4. The average molecular weight is 408 g/mol. The Morgan fingerprint density at radius 1 is 1.33 bits per heavy atom. The lowest BCUT2D eigenvalue weighted by Gasteiger charge is -2.32. The van der Waals surface area contributed by atoms with Crippen molar-refractivity contribution in [3.05, 3.63) is 29.3 Å². The summed E-state index contributed by atoms with van der Waals surface area (Å²) in [5.74, 6) is 0.0230. The Labute approximate surface area is 167 Å². The fourth-order valence-electron chi connectivity index (χ4n) is 3.17. The molecular formula is C18H22ClN5O2S. The Kier molecular flexibility index (Phi) is 6.06. The number of hydrogen-bond acceptors (Lipinski definition) is 5. The van der Waals surface area contributed by atoms with E-state index in [0.717, 1.165) is 18.4 Å². The number of carbonyl (C=O) groups is 2. The van der Waals surface area contributed by atoms with Gasteiger partial charge >= 0.3 is 0 Å². The Morgan fingerprint density at radius 3 is 2.78 bits per heavy atom. The maximum absolute atomic E-state index is 12.8. The van der Waals surface area contributed by atoms with Gasteiger partial charge in [0.05, 0.1) is 16.2 Å². The normalized spacial score (nSPS) is 18.3. The predicted molar refractivity (Wildman–Crippen MR) is 105 cm³/mol. The predicted octanol–water partition coefficient (Wildman–Crippen LogP) is 2.34. The second-order valence-corrected chi connectivity index (χ2v) is 8.35. The molecule has 1 aliphatic heterocycles. The van der Waals surface area contributed by atoms with Gasteiger partial charge in [-0.2, -0.15) is 0 Å². The van der Waals surface area contributed by atoms with Gasteiger partial charge in [-0.3, -0.25) is 9.59 Å². The highest BCUT2D eigenvalue weighted by Crippen LogP contribution is 2.30. The lowest BCUT2D eigenvalue weighted by Crippen LogP contribution is -2.46. The Morgan fingerprint density at radius 2 is 2.07 bits per heavy atom. The zero-order chi connectivity index (χ0) is 19.6. The van der Waals surface area contributed by atoms with Crippen molar-refractivity contribution in [1.82, 2.24) is 19.7 Å². The molecule has 2 amide bonds. The summed E-state index contributed by atoms with van der Waals surface area (Å²) in [7, 11) is 1.85. The number of benzene rings is 1. The van der Waals surface area contributed by atoms with E-state index in [9.17, 15) is 9.59 Å². The lowest BCUT2D eigenvalue weighted by atomic mass is 9.97. The van der Waals surface area contributed by atoms with Gasteiger partial charge in [0.2, 0.25) is 11.8 Å². The van der Waals surface area contributed by atoms with Crippen LogP contribution in [-0.4, -0.2) is 49.8 Å². The summed E-state index contributed by atoms with van der Waals surface area (Å²) in [6.07, 6.45) is 1.53. The minimum Gasteiger partial charge on any atom is -0.369 e. The molecule has 0 radical (unpaired) electrons. The minimum atomic E-state index is -0.348. The molecular weight excluding hydrogens is 386 g/mol. The van der Waals surface area contributed by atoms with Gasteiger partial charge in [-0.05, 0) is 31.9 Å². The first-order chi connectivity index (χ1) is 12.9. The van der Waals surface area contributed by atoms with Crippen LogP contribution in [0.25, 0.3) is 11.4 Å². The number of piperidine rings is 1. The fraction of sp³-hybridized carbons (Fsp3) is 0.444. The molecule has 1 aromatic heterocycles. The molecule has 2 N–H and O–H groups in total. The van der Waals surface area contributed by atoms with Crippen molar-refractivity contribution >= 4 is 35.2 Å². The van der Waals surface area contributed by atoms with Crippen molar-refractivity contribution in [3.8, 4) is 11.4 Å². The highest BCUT2D eigenvalue weighted by atomic mass is 35.5. The first-order valence-electron chi connectivity index (χ1n) is 8.77. The minimum absolute atomic E-state index is 0.0201. The molecule has 0 spiro atoms. The van der Waals surface area contributed by atoms with E-state index in [1.54, 1.807) is 11.0 Å². The summed E-state index contributed by atoms with van der Waals surface area (Å²) >= 11 is 7.59. The molecule has 1 fully saturated rings. The molecule has 1 saturated heterocycles. The number of carbonyl (C=O) groups excluding carboxylic acids is 2. The van der Waals surface area contributed by atoms with Gasteiger partial charge < -0.3 is 15.2 Å². The van der Waals surface area contributed by atoms with Crippen LogP contribution >= 0.6 is 23.4 Å². The highest BCUT2D eigenvalue weighted by molar-refractivity contribution is 8.00. The maximum atomic E-state index is 12.8. The molecule has 0 saturated carbocycles. The molecule has 2 heterocycles. The fourth-order valence-corrected chi connectivity index (χ4v) is 4.29. The quantitative estimate of drug-likeness (QED) is 0.767. The zero-order valence-electron chi connectivity index (χ0n) is 15.3. The van der Waals surface area contributed by atoms with E-state index in [-0.39, 0.29) is 23.0 Å². The molecule has 144 valence electrons. The summed E-state index contributed by atoms with van der Waals surface area (Å²) in [4.78, 5) is 26.0. The number of likely N-dealkylation sites (tertiary alicyclic amines) is 1. The smallest absolute Gasteiger partial charge is 0.235 e. The summed E-state index contributed by atoms with van der Waals surface area (Å²) in [6, 6.07) is 7.43. The van der Waals surface area contributed by atoms with Crippen LogP contribution in [0.4, 0.5) is 0 Å². The highest BCUT2D eigenvalue weighted by Gasteiger charge is 2.30. The van der Waals surface area contributed by atoms with Gasteiger partial charge in [0.25, 0.3) is 0 Å². The molecule has 0 bridgehead atoms. The molecule has 2 aromatic rings. The monoisotopic (exact) mass is 407 g/mol. The first-order valence-corrected chi connectivity index (χ1v) is 10.0. The van der Waals surface area contributed by atoms with Gasteiger partial charge in [-0.15, -0.1) is 10.2 Å². The summed E-state index contributed by atoms with van der Waals surface area (Å²) < 4.78 is 1.83. The number of aromatic nitrogens is 3. The molecule has 0 aliphatic carbocycles. The van der Waals surface area contributed by atoms with E-state index in [0.29, 0.717) is 29.1 Å². The van der Waals surface area contributed by atoms with Crippen LogP contribution in [0.5, 0.6) is 0 Å². The maximum Gasteiger partial charge on any atom is 0.235 e. The lowest BCUT2D eigenvalue weighted by molar-refractivity contribution is -0.134. The van der Waals surface area contributed by atoms with Crippen molar-refractivity contribution in [2.24, 2.45) is 18.7 Å². The number of nitrogens with two attached hydrogens (primary N) is 1. The van der Waals surface area contributed by atoms with E-state index in [2.05, 4.69) is 10.2 Å². The Bertz CT molecular complexity index is 856. The summed E-state index contributed by atoms with van der Waals surface area (Å²) in [6.45, 7) is 2.88. The first kappa shape index (κ1) is 19.7. The molecule has 1 aliphatic rings. The van der Waals surface area contributed by atoms with Gasteiger partial charge in [-0.1, -0.05) is 35.5 Å². The van der Waals surface area contributed by atoms with Gasteiger partial charge in [-0.25, -0.2) is 0 Å². The Hall–Kier alpha value is -2.06. The SMILES string of the molecule is CC(Sc1nnc(-c2ccccc2Cl)n1C)C(=O)N1CCCC(C(N)=O)C1. The van der Waals surface area contributed by atoms with E-state index in [1.807, 2.05) is 36.7 Å². The van der Waals surface area contributed by atoms with Gasteiger partial charge in [0, 0.05) is 25.7 Å². The molecule has 7 nitrogen and oxygen atoms in total. The van der Waals surface area contributed by atoms with Crippen LogP contribution in [0.1, 0.15) is 19.8 Å². The number of primary amides is 1. The van der Waals surface area contributed by atoms with Crippen LogP contribution in [0, 0.1) is 5.92 Å². The van der Waals surface area contributed by atoms with Gasteiger partial charge in [0.1, 0.15) is 0 Å².